The number of phenolic OH excluding ortho intramolecular Hbond substituents is 1. The van der Waals surface area contributed by atoms with Crippen LogP contribution in [-0.4, -0.2) is 23.3 Å². The minimum Gasteiger partial charge on any atom is -0.508 e. The lowest BCUT2D eigenvalue weighted by molar-refractivity contribution is -0.160. The third kappa shape index (κ3) is 4.91. The second kappa shape index (κ2) is 7.68. The van der Waals surface area contributed by atoms with Crippen LogP contribution in [0.1, 0.15) is 25.0 Å². The van der Waals surface area contributed by atoms with Crippen LogP contribution in [0.3, 0.4) is 0 Å². The number of carbonyl (C=O) groups is 1. The molecular formula is C19H19F3O4. The molecule has 0 saturated carbocycles. The lowest BCUT2D eigenvalue weighted by Crippen LogP contribution is -2.45. The molecule has 140 valence electrons. The summed E-state index contributed by atoms with van der Waals surface area (Å²) in [6, 6.07) is 10.3. The standard InChI is InChI=1S/C19H19F3O4/c1-3-25-17(24)18(2,12-13-4-8-15(23)9-5-13)26-16-10-6-14(7-11-16)19(20,21)22/h4-11,23H,3,12H2,1-2H3/t18-/m0/s1. The highest BCUT2D eigenvalue weighted by Gasteiger charge is 2.38. The maximum atomic E-state index is 12.7. The summed E-state index contributed by atoms with van der Waals surface area (Å²) in [7, 11) is 0. The molecule has 2 aromatic rings. The van der Waals surface area contributed by atoms with Gasteiger partial charge in [-0.2, -0.15) is 13.2 Å². The van der Waals surface area contributed by atoms with Gasteiger partial charge in [0.2, 0.25) is 5.60 Å². The maximum Gasteiger partial charge on any atom is 0.416 e. The van der Waals surface area contributed by atoms with Crippen molar-refractivity contribution in [3.8, 4) is 11.5 Å². The number of hydrogen-bond acceptors (Lipinski definition) is 4. The first kappa shape index (κ1) is 19.6. The van der Waals surface area contributed by atoms with Crippen molar-refractivity contribution in [3.05, 3.63) is 59.7 Å². The Kier molecular flexibility index (Phi) is 5.79. The van der Waals surface area contributed by atoms with Crippen molar-refractivity contribution >= 4 is 5.97 Å². The van der Waals surface area contributed by atoms with E-state index in [0.717, 1.165) is 24.3 Å². The number of hydrogen-bond donors (Lipinski definition) is 1. The Morgan fingerprint density at radius 3 is 2.12 bits per heavy atom. The molecule has 0 spiro atoms. The molecular weight excluding hydrogens is 349 g/mol. The van der Waals surface area contributed by atoms with Gasteiger partial charge in [0.25, 0.3) is 0 Å². The minimum absolute atomic E-state index is 0.0789. The summed E-state index contributed by atoms with van der Waals surface area (Å²) in [5, 5.41) is 9.36. The molecule has 0 aliphatic rings. The molecule has 1 atom stereocenters. The van der Waals surface area contributed by atoms with Crippen LogP contribution < -0.4 is 4.74 Å². The molecule has 0 saturated heterocycles. The minimum atomic E-state index is -4.45. The van der Waals surface area contributed by atoms with Gasteiger partial charge in [-0.25, -0.2) is 4.79 Å². The van der Waals surface area contributed by atoms with Crippen LogP contribution in [0.15, 0.2) is 48.5 Å². The van der Waals surface area contributed by atoms with Gasteiger partial charge in [0.1, 0.15) is 11.5 Å². The molecule has 26 heavy (non-hydrogen) atoms. The fraction of sp³-hybridized carbons (Fsp3) is 0.316. The zero-order chi connectivity index (χ0) is 19.4. The van der Waals surface area contributed by atoms with Crippen molar-refractivity contribution < 1.29 is 32.5 Å². The van der Waals surface area contributed by atoms with Gasteiger partial charge in [0.15, 0.2) is 0 Å². The average molecular weight is 368 g/mol. The predicted octanol–water partition coefficient (Wildman–Crippen LogP) is 4.35. The summed E-state index contributed by atoms with van der Waals surface area (Å²) in [5.74, 6) is -0.435. The van der Waals surface area contributed by atoms with Crippen LogP contribution >= 0.6 is 0 Å². The second-order valence-electron chi connectivity index (χ2n) is 5.92. The topological polar surface area (TPSA) is 55.8 Å². The zero-order valence-corrected chi connectivity index (χ0v) is 14.3. The number of aromatic hydroxyl groups is 1. The van der Waals surface area contributed by atoms with Crippen LogP contribution in [0, 0.1) is 0 Å². The van der Waals surface area contributed by atoms with E-state index in [1.165, 1.54) is 19.1 Å². The monoisotopic (exact) mass is 368 g/mol. The highest BCUT2D eigenvalue weighted by Crippen LogP contribution is 2.31. The molecule has 2 aromatic carbocycles. The van der Waals surface area contributed by atoms with Gasteiger partial charge in [-0.15, -0.1) is 0 Å². The largest absolute Gasteiger partial charge is 0.508 e. The lowest BCUT2D eigenvalue weighted by atomic mass is 9.96. The Morgan fingerprint density at radius 1 is 1.04 bits per heavy atom. The molecule has 4 nitrogen and oxygen atoms in total. The van der Waals surface area contributed by atoms with Crippen LogP contribution in [0.25, 0.3) is 0 Å². The quantitative estimate of drug-likeness (QED) is 0.770. The summed E-state index contributed by atoms with van der Waals surface area (Å²) in [4.78, 5) is 12.4. The highest BCUT2D eigenvalue weighted by atomic mass is 19.4. The van der Waals surface area contributed by atoms with Gasteiger partial charge < -0.3 is 14.6 Å². The fourth-order valence-electron chi connectivity index (χ4n) is 2.41. The molecule has 0 aliphatic heterocycles. The Labute approximate surface area is 149 Å². The van der Waals surface area contributed by atoms with E-state index in [1.54, 1.807) is 19.1 Å². The van der Waals surface area contributed by atoms with E-state index >= 15 is 0 Å². The zero-order valence-electron chi connectivity index (χ0n) is 14.3. The summed E-state index contributed by atoms with van der Waals surface area (Å²) in [6.45, 7) is 3.30. The average Bonchev–Trinajstić information content (AvgIpc) is 2.57. The molecule has 0 fully saturated rings. The van der Waals surface area contributed by atoms with Gasteiger partial charge in [-0.05, 0) is 55.8 Å². The molecule has 0 unspecified atom stereocenters. The summed E-state index contributed by atoms with van der Waals surface area (Å²) < 4.78 is 48.8. The molecule has 0 bridgehead atoms. The van der Waals surface area contributed by atoms with Crippen molar-refractivity contribution in [2.24, 2.45) is 0 Å². The normalized spacial score (nSPS) is 13.7. The molecule has 7 heteroatoms. The van der Waals surface area contributed by atoms with E-state index in [4.69, 9.17) is 9.47 Å². The van der Waals surface area contributed by atoms with Crippen molar-refractivity contribution in [1.82, 2.24) is 0 Å². The van der Waals surface area contributed by atoms with Gasteiger partial charge >= 0.3 is 12.1 Å². The highest BCUT2D eigenvalue weighted by molar-refractivity contribution is 5.80. The molecule has 0 heterocycles. The summed E-state index contributed by atoms with van der Waals surface area (Å²) in [5.41, 5.74) is -1.54. The smallest absolute Gasteiger partial charge is 0.416 e. The van der Waals surface area contributed by atoms with Crippen molar-refractivity contribution in [3.63, 3.8) is 0 Å². The molecule has 0 aromatic heterocycles. The predicted molar refractivity (Wildman–Crippen MR) is 88.9 cm³/mol. The number of phenols is 1. The van der Waals surface area contributed by atoms with E-state index in [1.807, 2.05) is 0 Å². The molecule has 2 rings (SSSR count). The lowest BCUT2D eigenvalue weighted by Gasteiger charge is -2.28. The van der Waals surface area contributed by atoms with Gasteiger partial charge in [0, 0.05) is 6.42 Å². The number of ether oxygens (including phenoxy) is 2. The molecule has 0 aliphatic carbocycles. The number of halogens is 3. The third-order valence-corrected chi connectivity index (χ3v) is 3.71. The molecule has 1 N–H and O–H groups in total. The number of carbonyl (C=O) groups excluding carboxylic acids is 1. The van der Waals surface area contributed by atoms with Crippen molar-refractivity contribution in [2.45, 2.75) is 32.0 Å². The van der Waals surface area contributed by atoms with Crippen molar-refractivity contribution in [2.75, 3.05) is 6.61 Å². The van der Waals surface area contributed by atoms with E-state index in [-0.39, 0.29) is 24.5 Å². The molecule has 0 amide bonds. The van der Waals surface area contributed by atoms with Gasteiger partial charge in [-0.1, -0.05) is 12.1 Å². The van der Waals surface area contributed by atoms with E-state index in [0.29, 0.717) is 5.56 Å². The van der Waals surface area contributed by atoms with Crippen LogP contribution in [-0.2, 0) is 22.1 Å². The second-order valence-corrected chi connectivity index (χ2v) is 5.92. The number of rotatable bonds is 6. The van der Waals surface area contributed by atoms with Crippen LogP contribution in [0.4, 0.5) is 13.2 Å². The van der Waals surface area contributed by atoms with E-state index in [2.05, 4.69) is 0 Å². The van der Waals surface area contributed by atoms with E-state index in [9.17, 15) is 23.1 Å². The number of alkyl halides is 3. The Bertz CT molecular complexity index is 739. The van der Waals surface area contributed by atoms with Gasteiger partial charge in [0.05, 0.1) is 12.2 Å². The Balaban J connectivity index is 2.26. The first-order valence-corrected chi connectivity index (χ1v) is 7.95. The number of esters is 1. The number of benzene rings is 2. The SMILES string of the molecule is CCOC(=O)[C@](C)(Cc1ccc(O)cc1)Oc1ccc(C(F)(F)F)cc1. The van der Waals surface area contributed by atoms with Crippen molar-refractivity contribution in [1.29, 1.82) is 0 Å². The first-order valence-electron chi connectivity index (χ1n) is 7.95. The Hall–Kier alpha value is -2.70. The summed E-state index contributed by atoms with van der Waals surface area (Å²) >= 11 is 0. The van der Waals surface area contributed by atoms with Crippen LogP contribution in [0.2, 0.25) is 0 Å². The fourth-order valence-corrected chi connectivity index (χ4v) is 2.41. The van der Waals surface area contributed by atoms with E-state index < -0.39 is 23.3 Å². The van der Waals surface area contributed by atoms with Gasteiger partial charge in [-0.3, -0.25) is 0 Å². The maximum absolute atomic E-state index is 12.7. The van der Waals surface area contributed by atoms with Crippen LogP contribution in [0.5, 0.6) is 11.5 Å². The first-order chi connectivity index (χ1) is 12.1. The molecule has 0 radical (unpaired) electrons. The summed E-state index contributed by atoms with van der Waals surface area (Å²) in [6.07, 6.45) is -4.33. The Morgan fingerprint density at radius 2 is 1.62 bits per heavy atom. The third-order valence-electron chi connectivity index (χ3n) is 3.71.